The van der Waals surface area contributed by atoms with E-state index in [1.807, 2.05) is 13.8 Å². The minimum Gasteiger partial charge on any atom is -0.378 e. The summed E-state index contributed by atoms with van der Waals surface area (Å²) < 4.78 is 5.45. The average molecular weight is 224 g/mol. The first-order valence-corrected chi connectivity index (χ1v) is 5.93. The molecule has 0 aromatic carbocycles. The van der Waals surface area contributed by atoms with Crippen molar-refractivity contribution in [1.29, 1.82) is 5.26 Å². The maximum atomic E-state index is 12.0. The zero-order chi connectivity index (χ0) is 12.0. The molecule has 0 aliphatic carbocycles. The van der Waals surface area contributed by atoms with E-state index in [-0.39, 0.29) is 18.1 Å². The van der Waals surface area contributed by atoms with Gasteiger partial charge in [0.25, 0.3) is 0 Å². The summed E-state index contributed by atoms with van der Waals surface area (Å²) in [6.45, 7) is 5.26. The molecular formula is C12H20N2O2. The predicted octanol–water partition coefficient (Wildman–Crippen LogP) is 1.71. The van der Waals surface area contributed by atoms with Crippen LogP contribution >= 0.6 is 0 Å². The van der Waals surface area contributed by atoms with Crippen LogP contribution < -0.4 is 0 Å². The van der Waals surface area contributed by atoms with Gasteiger partial charge >= 0.3 is 0 Å². The van der Waals surface area contributed by atoms with Crippen molar-refractivity contribution in [2.24, 2.45) is 0 Å². The molecule has 0 spiro atoms. The summed E-state index contributed by atoms with van der Waals surface area (Å²) >= 11 is 0. The second-order valence-corrected chi connectivity index (χ2v) is 4.43. The Labute approximate surface area is 97.2 Å². The van der Waals surface area contributed by atoms with E-state index in [0.717, 1.165) is 19.4 Å². The van der Waals surface area contributed by atoms with Crippen molar-refractivity contribution < 1.29 is 9.53 Å². The molecule has 0 N–H and O–H groups in total. The Bertz CT molecular complexity index is 265. The summed E-state index contributed by atoms with van der Waals surface area (Å²) in [6.07, 6.45) is 2.99. The van der Waals surface area contributed by atoms with Crippen molar-refractivity contribution in [2.45, 2.75) is 51.7 Å². The van der Waals surface area contributed by atoms with Gasteiger partial charge in [-0.2, -0.15) is 5.26 Å². The van der Waals surface area contributed by atoms with E-state index in [1.165, 1.54) is 0 Å². The third-order valence-corrected chi connectivity index (χ3v) is 2.83. The topological polar surface area (TPSA) is 53.3 Å². The Hall–Kier alpha value is -1.08. The molecule has 1 heterocycles. The molecule has 1 rings (SSSR count). The van der Waals surface area contributed by atoms with Crippen molar-refractivity contribution in [3.63, 3.8) is 0 Å². The summed E-state index contributed by atoms with van der Waals surface area (Å²) in [7, 11) is 0. The van der Waals surface area contributed by atoms with Gasteiger partial charge in [0.2, 0.25) is 5.91 Å². The van der Waals surface area contributed by atoms with Gasteiger partial charge in [-0.3, -0.25) is 4.79 Å². The lowest BCUT2D eigenvalue weighted by Crippen LogP contribution is -2.39. The molecule has 0 aromatic heterocycles. The fourth-order valence-corrected chi connectivity index (χ4v) is 1.96. The van der Waals surface area contributed by atoms with Crippen LogP contribution in [0.1, 0.15) is 39.5 Å². The highest BCUT2D eigenvalue weighted by Gasteiger charge is 2.23. The summed E-state index contributed by atoms with van der Waals surface area (Å²) in [6, 6.07) is 2.23. The smallest absolute Gasteiger partial charge is 0.225 e. The number of hydrogen-bond donors (Lipinski definition) is 0. The zero-order valence-electron chi connectivity index (χ0n) is 10.1. The average Bonchev–Trinajstić information content (AvgIpc) is 2.70. The van der Waals surface area contributed by atoms with Crippen LogP contribution in [0, 0.1) is 11.3 Å². The van der Waals surface area contributed by atoms with Crippen LogP contribution in [0.15, 0.2) is 0 Å². The van der Waals surface area contributed by atoms with Crippen molar-refractivity contribution in [2.75, 3.05) is 13.2 Å². The second kappa shape index (κ2) is 6.49. The highest BCUT2D eigenvalue weighted by atomic mass is 16.5. The Morgan fingerprint density at radius 2 is 2.38 bits per heavy atom. The van der Waals surface area contributed by atoms with Crippen LogP contribution in [0.4, 0.5) is 0 Å². The Morgan fingerprint density at radius 3 is 2.88 bits per heavy atom. The van der Waals surface area contributed by atoms with Crippen LogP contribution in [-0.4, -0.2) is 36.1 Å². The molecule has 4 nitrogen and oxygen atoms in total. The second-order valence-electron chi connectivity index (χ2n) is 4.43. The lowest BCUT2D eigenvalue weighted by Gasteiger charge is -2.26. The fourth-order valence-electron chi connectivity index (χ4n) is 1.96. The first-order chi connectivity index (χ1) is 7.65. The van der Waals surface area contributed by atoms with Crippen molar-refractivity contribution in [3.8, 4) is 6.07 Å². The number of hydrogen-bond acceptors (Lipinski definition) is 3. The highest BCUT2D eigenvalue weighted by molar-refractivity contribution is 5.77. The lowest BCUT2D eigenvalue weighted by molar-refractivity contribution is -0.135. The van der Waals surface area contributed by atoms with Gasteiger partial charge in [-0.15, -0.1) is 0 Å². The maximum Gasteiger partial charge on any atom is 0.225 e. The van der Waals surface area contributed by atoms with Gasteiger partial charge in [0.05, 0.1) is 25.0 Å². The van der Waals surface area contributed by atoms with Gasteiger partial charge in [-0.05, 0) is 26.7 Å². The monoisotopic (exact) mass is 224 g/mol. The van der Waals surface area contributed by atoms with E-state index in [9.17, 15) is 4.79 Å². The minimum absolute atomic E-state index is 0.0934. The van der Waals surface area contributed by atoms with Gasteiger partial charge in [-0.1, -0.05) is 0 Å². The van der Waals surface area contributed by atoms with Crippen molar-refractivity contribution in [3.05, 3.63) is 0 Å². The first-order valence-electron chi connectivity index (χ1n) is 5.93. The summed E-state index contributed by atoms with van der Waals surface area (Å²) in [5, 5.41) is 8.55. The van der Waals surface area contributed by atoms with Crippen LogP contribution in [0.2, 0.25) is 0 Å². The minimum atomic E-state index is 0.0934. The lowest BCUT2D eigenvalue weighted by atomic mass is 10.1. The van der Waals surface area contributed by atoms with E-state index >= 15 is 0 Å². The van der Waals surface area contributed by atoms with Crippen LogP contribution in [0.25, 0.3) is 0 Å². The van der Waals surface area contributed by atoms with Gasteiger partial charge in [0, 0.05) is 19.2 Å². The number of ether oxygens (including phenoxy) is 1. The molecule has 1 unspecified atom stereocenters. The summed E-state index contributed by atoms with van der Waals surface area (Å²) in [5.41, 5.74) is 0. The van der Waals surface area contributed by atoms with Gasteiger partial charge in [-0.25, -0.2) is 0 Å². The van der Waals surface area contributed by atoms with E-state index in [0.29, 0.717) is 19.4 Å². The molecule has 1 fully saturated rings. The molecule has 0 bridgehead atoms. The SMILES string of the molecule is CC(C)N(CCC#N)C(=O)CC1CCCO1. The zero-order valence-corrected chi connectivity index (χ0v) is 10.1. The molecule has 1 amide bonds. The van der Waals surface area contributed by atoms with Crippen molar-refractivity contribution in [1.82, 2.24) is 4.90 Å². The molecule has 16 heavy (non-hydrogen) atoms. The summed E-state index contributed by atoms with van der Waals surface area (Å²) in [4.78, 5) is 13.8. The molecular weight excluding hydrogens is 204 g/mol. The molecule has 1 aliphatic rings. The number of carbonyl (C=O) groups excluding carboxylic acids is 1. The van der Waals surface area contributed by atoms with Gasteiger partial charge in [0.15, 0.2) is 0 Å². The Morgan fingerprint density at radius 1 is 1.62 bits per heavy atom. The third-order valence-electron chi connectivity index (χ3n) is 2.83. The van der Waals surface area contributed by atoms with Crippen LogP contribution in [0.3, 0.4) is 0 Å². The predicted molar refractivity (Wildman–Crippen MR) is 60.7 cm³/mol. The van der Waals surface area contributed by atoms with E-state index in [1.54, 1.807) is 4.90 Å². The number of nitriles is 1. The first kappa shape index (κ1) is 13.0. The number of nitrogens with zero attached hydrogens (tertiary/aromatic N) is 2. The molecule has 90 valence electrons. The molecule has 1 atom stereocenters. The molecule has 1 saturated heterocycles. The van der Waals surface area contributed by atoms with Gasteiger partial charge in [0.1, 0.15) is 0 Å². The molecule has 1 aliphatic heterocycles. The molecule has 0 aromatic rings. The normalized spacial score (nSPS) is 19.8. The number of amides is 1. The van der Waals surface area contributed by atoms with Crippen molar-refractivity contribution >= 4 is 5.91 Å². The molecule has 0 saturated carbocycles. The quantitative estimate of drug-likeness (QED) is 0.714. The molecule has 4 heteroatoms. The fraction of sp³-hybridized carbons (Fsp3) is 0.833. The summed E-state index contributed by atoms with van der Waals surface area (Å²) in [5.74, 6) is 0.108. The number of carbonyl (C=O) groups is 1. The van der Waals surface area contributed by atoms with E-state index < -0.39 is 0 Å². The Kier molecular flexibility index (Phi) is 5.27. The molecule has 0 radical (unpaired) electrons. The van der Waals surface area contributed by atoms with E-state index in [2.05, 4.69) is 6.07 Å². The Balaban J connectivity index is 2.43. The van der Waals surface area contributed by atoms with E-state index in [4.69, 9.17) is 10.00 Å². The maximum absolute atomic E-state index is 12.0. The van der Waals surface area contributed by atoms with Crippen LogP contribution in [0.5, 0.6) is 0 Å². The standard InChI is InChI=1S/C12H20N2O2/c1-10(2)14(7-4-6-13)12(15)9-11-5-3-8-16-11/h10-11H,3-5,7-9H2,1-2H3. The highest BCUT2D eigenvalue weighted by Crippen LogP contribution is 2.17. The third kappa shape index (κ3) is 3.82. The number of rotatable bonds is 5. The van der Waals surface area contributed by atoms with Crippen LogP contribution in [-0.2, 0) is 9.53 Å². The van der Waals surface area contributed by atoms with Gasteiger partial charge < -0.3 is 9.64 Å². The largest absolute Gasteiger partial charge is 0.378 e.